The molecule has 2 fully saturated rings. The van der Waals surface area contributed by atoms with Crippen LogP contribution in [0.1, 0.15) is 18.5 Å². The van der Waals surface area contributed by atoms with Gasteiger partial charge in [0.05, 0.1) is 44.6 Å². The van der Waals surface area contributed by atoms with Gasteiger partial charge in [0.1, 0.15) is 5.82 Å². The molecule has 7 heteroatoms. The smallest absolute Gasteiger partial charge is 0.318 e. The van der Waals surface area contributed by atoms with Gasteiger partial charge in [-0.2, -0.15) is 0 Å². The number of benzene rings is 1. The van der Waals surface area contributed by atoms with Crippen LogP contribution in [0.5, 0.6) is 0 Å². The number of nitrogens with one attached hydrogen (secondary N) is 1. The Morgan fingerprint density at radius 3 is 2.73 bits per heavy atom. The molecule has 0 saturated carbocycles. The highest BCUT2D eigenvalue weighted by molar-refractivity contribution is 9.10. The standard InChI is InChI=1S/C15H18BrFN2O3/c1-9(13-3-2-10(16)4-14(13)17)18-15(20)19-5-11-7-21-8-12(6-19)22-11/h2-4,9,11-12H,5-8H2,1H3,(H,18,20)/t9-,11?,12?/m0/s1. The highest BCUT2D eigenvalue weighted by Crippen LogP contribution is 2.22. The van der Waals surface area contributed by atoms with E-state index in [0.29, 0.717) is 36.3 Å². The Labute approximate surface area is 136 Å². The molecule has 0 spiro atoms. The molecular formula is C15H18BrFN2O3. The molecule has 2 aliphatic rings. The first-order valence-corrected chi connectivity index (χ1v) is 8.06. The van der Waals surface area contributed by atoms with Gasteiger partial charge in [-0.25, -0.2) is 9.18 Å². The zero-order valence-electron chi connectivity index (χ0n) is 12.2. The van der Waals surface area contributed by atoms with Crippen molar-refractivity contribution in [3.05, 3.63) is 34.1 Å². The summed E-state index contributed by atoms with van der Waals surface area (Å²) in [7, 11) is 0. The average molecular weight is 373 g/mol. The third-order valence-electron chi connectivity index (χ3n) is 3.90. The predicted molar refractivity (Wildman–Crippen MR) is 82.1 cm³/mol. The fraction of sp³-hybridized carbons (Fsp3) is 0.533. The second-order valence-corrected chi connectivity index (χ2v) is 6.58. The maximum atomic E-state index is 13.9. The maximum absolute atomic E-state index is 13.9. The Hall–Kier alpha value is -1.18. The van der Waals surface area contributed by atoms with E-state index in [9.17, 15) is 9.18 Å². The number of fused-ring (bicyclic) bond motifs is 2. The number of nitrogens with zero attached hydrogens (tertiary/aromatic N) is 1. The molecule has 2 saturated heterocycles. The summed E-state index contributed by atoms with van der Waals surface area (Å²) in [5.41, 5.74) is 0.466. The van der Waals surface area contributed by atoms with E-state index < -0.39 is 6.04 Å². The molecule has 3 rings (SSSR count). The number of hydrogen-bond donors (Lipinski definition) is 1. The topological polar surface area (TPSA) is 50.8 Å². The van der Waals surface area contributed by atoms with Crippen molar-refractivity contribution in [3.8, 4) is 0 Å². The lowest BCUT2D eigenvalue weighted by Gasteiger charge is -2.41. The van der Waals surface area contributed by atoms with Gasteiger partial charge < -0.3 is 19.7 Å². The number of urea groups is 1. The molecule has 22 heavy (non-hydrogen) atoms. The van der Waals surface area contributed by atoms with Crippen LogP contribution >= 0.6 is 15.9 Å². The van der Waals surface area contributed by atoms with Crippen LogP contribution in [0.3, 0.4) is 0 Å². The van der Waals surface area contributed by atoms with E-state index in [2.05, 4.69) is 21.2 Å². The number of hydrogen-bond acceptors (Lipinski definition) is 3. The van der Waals surface area contributed by atoms with Crippen molar-refractivity contribution in [2.24, 2.45) is 0 Å². The van der Waals surface area contributed by atoms with Gasteiger partial charge in [0.15, 0.2) is 0 Å². The van der Waals surface area contributed by atoms with Crippen LogP contribution in [0.15, 0.2) is 22.7 Å². The second-order valence-electron chi connectivity index (χ2n) is 5.66. The lowest BCUT2D eigenvalue weighted by molar-refractivity contribution is -0.171. The molecule has 2 unspecified atom stereocenters. The zero-order valence-corrected chi connectivity index (χ0v) is 13.8. The molecule has 120 valence electrons. The number of carbonyl (C=O) groups is 1. The van der Waals surface area contributed by atoms with Gasteiger partial charge in [-0.1, -0.05) is 22.0 Å². The first kappa shape index (κ1) is 15.7. The summed E-state index contributed by atoms with van der Waals surface area (Å²) in [6.07, 6.45) is -0.143. The molecule has 1 aromatic rings. The normalized spacial score (nSPS) is 25.7. The molecule has 2 aliphatic heterocycles. The Kier molecular flexibility index (Phi) is 4.65. The summed E-state index contributed by atoms with van der Waals surface area (Å²) in [4.78, 5) is 14.1. The molecule has 1 aromatic carbocycles. The molecule has 0 aromatic heterocycles. The van der Waals surface area contributed by atoms with Crippen LogP contribution in [-0.4, -0.2) is 49.4 Å². The van der Waals surface area contributed by atoms with Crippen LogP contribution in [0.25, 0.3) is 0 Å². The largest absolute Gasteiger partial charge is 0.376 e. The summed E-state index contributed by atoms with van der Waals surface area (Å²) < 4.78 is 25.7. The molecule has 2 bridgehead atoms. The highest BCUT2D eigenvalue weighted by atomic mass is 79.9. The van der Waals surface area contributed by atoms with Gasteiger partial charge in [-0.05, 0) is 19.1 Å². The minimum Gasteiger partial charge on any atom is -0.376 e. The first-order valence-electron chi connectivity index (χ1n) is 7.26. The molecule has 1 N–H and O–H groups in total. The Morgan fingerprint density at radius 2 is 2.09 bits per heavy atom. The number of rotatable bonds is 2. The lowest BCUT2D eigenvalue weighted by Crippen LogP contribution is -2.57. The third-order valence-corrected chi connectivity index (χ3v) is 4.39. The molecule has 2 heterocycles. The Balaban J connectivity index is 1.63. The van der Waals surface area contributed by atoms with Gasteiger partial charge >= 0.3 is 6.03 Å². The quantitative estimate of drug-likeness (QED) is 0.867. The van der Waals surface area contributed by atoms with Crippen molar-refractivity contribution >= 4 is 22.0 Å². The minimum atomic E-state index is -0.403. The van der Waals surface area contributed by atoms with E-state index >= 15 is 0 Å². The van der Waals surface area contributed by atoms with Gasteiger partial charge in [0, 0.05) is 10.0 Å². The Morgan fingerprint density at radius 1 is 1.41 bits per heavy atom. The van der Waals surface area contributed by atoms with Crippen molar-refractivity contribution in [2.75, 3.05) is 26.3 Å². The van der Waals surface area contributed by atoms with Crippen molar-refractivity contribution in [3.63, 3.8) is 0 Å². The van der Waals surface area contributed by atoms with E-state index in [1.54, 1.807) is 24.0 Å². The molecule has 3 atom stereocenters. The fourth-order valence-corrected chi connectivity index (χ4v) is 3.15. The number of ether oxygens (including phenoxy) is 2. The van der Waals surface area contributed by atoms with Crippen molar-refractivity contribution < 1.29 is 18.7 Å². The third kappa shape index (κ3) is 3.42. The number of halogens is 2. The van der Waals surface area contributed by atoms with Gasteiger partial charge in [0.25, 0.3) is 0 Å². The molecule has 0 aliphatic carbocycles. The summed E-state index contributed by atoms with van der Waals surface area (Å²) in [6, 6.07) is 4.23. The highest BCUT2D eigenvalue weighted by Gasteiger charge is 2.34. The van der Waals surface area contributed by atoms with E-state index in [1.165, 1.54) is 6.07 Å². The van der Waals surface area contributed by atoms with E-state index in [1.807, 2.05) is 0 Å². The lowest BCUT2D eigenvalue weighted by atomic mass is 10.1. The van der Waals surface area contributed by atoms with Crippen LogP contribution in [-0.2, 0) is 9.47 Å². The van der Waals surface area contributed by atoms with Crippen molar-refractivity contribution in [1.82, 2.24) is 10.2 Å². The predicted octanol–water partition coefficient (Wildman–Crippen LogP) is 2.46. The average Bonchev–Trinajstić information content (AvgIpc) is 2.46. The van der Waals surface area contributed by atoms with E-state index in [0.717, 1.165) is 0 Å². The summed E-state index contributed by atoms with van der Waals surface area (Å²) in [5.74, 6) is -0.338. The zero-order chi connectivity index (χ0) is 15.7. The Bertz CT molecular complexity index is 560. The van der Waals surface area contributed by atoms with Gasteiger partial charge in [0.2, 0.25) is 0 Å². The SMILES string of the molecule is C[C@H](NC(=O)N1CC2COCC(C1)O2)c1ccc(Br)cc1F. The first-order chi connectivity index (χ1) is 10.5. The van der Waals surface area contributed by atoms with Crippen LogP contribution in [0.2, 0.25) is 0 Å². The molecular weight excluding hydrogens is 355 g/mol. The summed E-state index contributed by atoms with van der Waals surface area (Å²) >= 11 is 3.23. The molecule has 2 amide bonds. The molecule has 5 nitrogen and oxygen atoms in total. The van der Waals surface area contributed by atoms with Gasteiger partial charge in [-0.15, -0.1) is 0 Å². The van der Waals surface area contributed by atoms with E-state index in [-0.39, 0.29) is 24.1 Å². The van der Waals surface area contributed by atoms with Crippen LogP contribution in [0, 0.1) is 5.82 Å². The monoisotopic (exact) mass is 372 g/mol. The fourth-order valence-electron chi connectivity index (χ4n) is 2.81. The van der Waals surface area contributed by atoms with E-state index in [4.69, 9.17) is 9.47 Å². The second kappa shape index (κ2) is 6.52. The minimum absolute atomic E-state index is 0.0713. The number of morpholine rings is 1. The van der Waals surface area contributed by atoms with Crippen molar-refractivity contribution in [1.29, 1.82) is 0 Å². The van der Waals surface area contributed by atoms with Crippen LogP contribution < -0.4 is 5.32 Å². The van der Waals surface area contributed by atoms with Crippen LogP contribution in [0.4, 0.5) is 9.18 Å². The number of carbonyl (C=O) groups excluding carboxylic acids is 1. The maximum Gasteiger partial charge on any atom is 0.318 e. The summed E-state index contributed by atoms with van der Waals surface area (Å²) in [5, 5.41) is 2.85. The summed E-state index contributed by atoms with van der Waals surface area (Å²) in [6.45, 7) is 3.79. The molecule has 0 radical (unpaired) electrons. The van der Waals surface area contributed by atoms with Crippen molar-refractivity contribution in [2.45, 2.75) is 25.2 Å². The van der Waals surface area contributed by atoms with Gasteiger partial charge in [-0.3, -0.25) is 0 Å². The number of amides is 2.